The maximum absolute atomic E-state index is 5.11. The van der Waals surface area contributed by atoms with Gasteiger partial charge >= 0.3 is 0 Å². The standard InChI is InChI=1S/C15H26N4O/c1-5-8-19(9-10-20-4)15-7-6-14(17-18-15)12-16-11-13(2)3/h5-7,13,16H,1,8-12H2,2-4H3. The molecule has 20 heavy (non-hydrogen) atoms. The second-order valence-electron chi connectivity index (χ2n) is 5.14. The molecule has 0 spiro atoms. The van der Waals surface area contributed by atoms with Gasteiger partial charge in [0.05, 0.1) is 12.3 Å². The van der Waals surface area contributed by atoms with Gasteiger partial charge < -0.3 is 15.0 Å². The van der Waals surface area contributed by atoms with Gasteiger partial charge in [0.25, 0.3) is 0 Å². The van der Waals surface area contributed by atoms with Gasteiger partial charge in [0.2, 0.25) is 0 Å². The summed E-state index contributed by atoms with van der Waals surface area (Å²) >= 11 is 0. The lowest BCUT2D eigenvalue weighted by molar-refractivity contribution is 0.205. The first-order chi connectivity index (χ1) is 9.67. The SMILES string of the molecule is C=CCN(CCOC)c1ccc(CNCC(C)C)nn1. The van der Waals surface area contributed by atoms with Gasteiger partial charge in [-0.25, -0.2) is 0 Å². The molecule has 0 radical (unpaired) electrons. The summed E-state index contributed by atoms with van der Waals surface area (Å²) in [6.45, 7) is 12.1. The first-order valence-corrected chi connectivity index (χ1v) is 7.05. The normalized spacial score (nSPS) is 10.8. The Kier molecular flexibility index (Phi) is 7.84. The number of hydrogen-bond acceptors (Lipinski definition) is 5. The van der Waals surface area contributed by atoms with Crippen molar-refractivity contribution in [2.75, 3.05) is 38.3 Å². The Morgan fingerprint density at radius 2 is 2.20 bits per heavy atom. The van der Waals surface area contributed by atoms with Crippen LogP contribution in [0.2, 0.25) is 0 Å². The zero-order chi connectivity index (χ0) is 14.8. The molecule has 0 aromatic carbocycles. The van der Waals surface area contributed by atoms with Crippen LogP contribution in [0.5, 0.6) is 0 Å². The highest BCUT2D eigenvalue weighted by molar-refractivity contribution is 5.38. The number of nitrogens with zero attached hydrogens (tertiary/aromatic N) is 3. The summed E-state index contributed by atoms with van der Waals surface area (Å²) in [5.41, 5.74) is 0.958. The zero-order valence-electron chi connectivity index (χ0n) is 12.8. The fraction of sp³-hybridized carbons (Fsp3) is 0.600. The molecule has 0 atom stereocenters. The molecule has 0 saturated heterocycles. The van der Waals surface area contributed by atoms with Crippen molar-refractivity contribution in [2.24, 2.45) is 5.92 Å². The Hall–Kier alpha value is -1.46. The first-order valence-electron chi connectivity index (χ1n) is 7.05. The number of methoxy groups -OCH3 is 1. The van der Waals surface area contributed by atoms with Crippen molar-refractivity contribution in [1.82, 2.24) is 15.5 Å². The smallest absolute Gasteiger partial charge is 0.151 e. The van der Waals surface area contributed by atoms with Crippen molar-refractivity contribution in [3.8, 4) is 0 Å². The molecule has 5 nitrogen and oxygen atoms in total. The lowest BCUT2D eigenvalue weighted by Crippen LogP contribution is -2.28. The van der Waals surface area contributed by atoms with E-state index in [4.69, 9.17) is 4.74 Å². The largest absolute Gasteiger partial charge is 0.383 e. The van der Waals surface area contributed by atoms with Crippen LogP contribution in [0.25, 0.3) is 0 Å². The minimum absolute atomic E-state index is 0.638. The molecule has 0 aliphatic rings. The quantitative estimate of drug-likeness (QED) is 0.662. The lowest BCUT2D eigenvalue weighted by atomic mass is 10.2. The molecule has 112 valence electrons. The highest BCUT2D eigenvalue weighted by Crippen LogP contribution is 2.09. The van der Waals surface area contributed by atoms with E-state index in [9.17, 15) is 0 Å². The van der Waals surface area contributed by atoms with E-state index in [1.807, 2.05) is 18.2 Å². The first kappa shape index (κ1) is 16.6. The summed E-state index contributed by atoms with van der Waals surface area (Å²) in [7, 11) is 1.70. The van der Waals surface area contributed by atoms with Crippen molar-refractivity contribution in [2.45, 2.75) is 20.4 Å². The molecule has 0 unspecified atom stereocenters. The molecule has 1 heterocycles. The Labute approximate surface area is 122 Å². The number of rotatable bonds is 10. The van der Waals surface area contributed by atoms with E-state index in [0.29, 0.717) is 12.5 Å². The van der Waals surface area contributed by atoms with E-state index < -0.39 is 0 Å². The molecular formula is C15H26N4O. The van der Waals surface area contributed by atoms with Crippen molar-refractivity contribution in [3.05, 3.63) is 30.5 Å². The monoisotopic (exact) mass is 278 g/mol. The van der Waals surface area contributed by atoms with Crippen LogP contribution in [0, 0.1) is 5.92 Å². The Bertz CT molecular complexity index is 378. The summed E-state index contributed by atoms with van der Waals surface area (Å²) < 4.78 is 5.11. The van der Waals surface area contributed by atoms with Crippen LogP contribution in [0.4, 0.5) is 5.82 Å². The van der Waals surface area contributed by atoms with Crippen LogP contribution in [-0.4, -0.2) is 43.5 Å². The number of nitrogens with one attached hydrogen (secondary N) is 1. The number of hydrogen-bond donors (Lipinski definition) is 1. The van der Waals surface area contributed by atoms with Gasteiger partial charge in [-0.15, -0.1) is 11.7 Å². The summed E-state index contributed by atoms with van der Waals surface area (Å²) in [6.07, 6.45) is 1.86. The van der Waals surface area contributed by atoms with Crippen LogP contribution in [0.3, 0.4) is 0 Å². The highest BCUT2D eigenvalue weighted by Gasteiger charge is 2.07. The average molecular weight is 278 g/mol. The third-order valence-electron chi connectivity index (χ3n) is 2.80. The van der Waals surface area contributed by atoms with Gasteiger partial charge in [-0.3, -0.25) is 0 Å². The number of ether oxygens (including phenoxy) is 1. The van der Waals surface area contributed by atoms with Crippen molar-refractivity contribution in [3.63, 3.8) is 0 Å². The number of aromatic nitrogens is 2. The highest BCUT2D eigenvalue weighted by atomic mass is 16.5. The fourth-order valence-electron chi connectivity index (χ4n) is 1.76. The van der Waals surface area contributed by atoms with E-state index in [0.717, 1.165) is 37.7 Å². The summed E-state index contributed by atoms with van der Waals surface area (Å²) in [5.74, 6) is 1.49. The molecule has 1 rings (SSSR count). The summed E-state index contributed by atoms with van der Waals surface area (Å²) in [4.78, 5) is 2.09. The molecule has 1 aromatic heterocycles. The second kappa shape index (κ2) is 9.44. The van der Waals surface area contributed by atoms with Crippen LogP contribution in [-0.2, 0) is 11.3 Å². The van der Waals surface area contributed by atoms with Crippen molar-refractivity contribution in [1.29, 1.82) is 0 Å². The molecule has 0 fully saturated rings. The molecule has 1 aromatic rings. The van der Waals surface area contributed by atoms with Crippen LogP contribution in [0.1, 0.15) is 19.5 Å². The summed E-state index contributed by atoms with van der Waals surface area (Å²) in [5, 5.41) is 11.9. The van der Waals surface area contributed by atoms with Crippen LogP contribution < -0.4 is 10.2 Å². The summed E-state index contributed by atoms with van der Waals surface area (Å²) in [6, 6.07) is 4.01. The molecule has 0 amide bonds. The second-order valence-corrected chi connectivity index (χ2v) is 5.14. The van der Waals surface area contributed by atoms with E-state index in [1.165, 1.54) is 0 Å². The maximum Gasteiger partial charge on any atom is 0.151 e. The zero-order valence-corrected chi connectivity index (χ0v) is 12.8. The van der Waals surface area contributed by atoms with E-state index in [1.54, 1.807) is 7.11 Å². The van der Waals surface area contributed by atoms with E-state index >= 15 is 0 Å². The molecule has 1 N–H and O–H groups in total. The van der Waals surface area contributed by atoms with Gasteiger partial charge in [0.15, 0.2) is 5.82 Å². The predicted molar refractivity (Wildman–Crippen MR) is 82.9 cm³/mol. The predicted octanol–water partition coefficient (Wildman–Crippen LogP) is 1.86. The van der Waals surface area contributed by atoms with Gasteiger partial charge in [-0.05, 0) is 24.6 Å². The minimum atomic E-state index is 0.638. The van der Waals surface area contributed by atoms with Crippen molar-refractivity contribution >= 4 is 5.82 Å². The molecule has 0 aliphatic carbocycles. The van der Waals surface area contributed by atoms with Crippen LogP contribution in [0.15, 0.2) is 24.8 Å². The Balaban J connectivity index is 2.55. The van der Waals surface area contributed by atoms with E-state index in [2.05, 4.69) is 40.8 Å². The van der Waals surface area contributed by atoms with Gasteiger partial charge in [-0.2, -0.15) is 5.10 Å². The molecule has 0 aliphatic heterocycles. The van der Waals surface area contributed by atoms with Gasteiger partial charge in [-0.1, -0.05) is 19.9 Å². The lowest BCUT2D eigenvalue weighted by Gasteiger charge is -2.21. The Morgan fingerprint density at radius 1 is 1.40 bits per heavy atom. The third kappa shape index (κ3) is 6.12. The molecule has 5 heteroatoms. The third-order valence-corrected chi connectivity index (χ3v) is 2.80. The van der Waals surface area contributed by atoms with Crippen LogP contribution >= 0.6 is 0 Å². The minimum Gasteiger partial charge on any atom is -0.383 e. The molecule has 0 saturated carbocycles. The Morgan fingerprint density at radius 3 is 2.75 bits per heavy atom. The van der Waals surface area contributed by atoms with Gasteiger partial charge in [0.1, 0.15) is 0 Å². The topological polar surface area (TPSA) is 50.3 Å². The van der Waals surface area contributed by atoms with Crippen molar-refractivity contribution < 1.29 is 4.74 Å². The maximum atomic E-state index is 5.11. The average Bonchev–Trinajstić information content (AvgIpc) is 2.44. The van der Waals surface area contributed by atoms with Gasteiger partial charge in [0, 0.05) is 26.7 Å². The number of anilines is 1. The van der Waals surface area contributed by atoms with E-state index in [-0.39, 0.29) is 0 Å². The molecular weight excluding hydrogens is 252 g/mol. The fourth-order valence-corrected chi connectivity index (χ4v) is 1.76. The molecule has 0 bridgehead atoms.